The normalized spacial score (nSPS) is 12.9. The number of fused-ring (bicyclic) bond motifs is 1. The molecule has 3 rings (SSSR count). The van der Waals surface area contributed by atoms with Crippen molar-refractivity contribution in [3.05, 3.63) is 46.1 Å². The van der Waals surface area contributed by atoms with Gasteiger partial charge in [0, 0.05) is 29.2 Å². The molecule has 0 unspecified atom stereocenters. The van der Waals surface area contributed by atoms with Crippen LogP contribution in [0.2, 0.25) is 0 Å². The molecule has 1 aromatic heterocycles. The van der Waals surface area contributed by atoms with E-state index in [2.05, 4.69) is 38.4 Å². The number of pyridine rings is 1. The number of nitrogens with one attached hydrogen (secondary N) is 1. The minimum Gasteiger partial charge on any atom is -0.493 e. The second-order valence-corrected chi connectivity index (χ2v) is 5.36. The molecule has 0 saturated carbocycles. The summed E-state index contributed by atoms with van der Waals surface area (Å²) in [6.45, 7) is 1.42. The minimum absolute atomic E-state index is 0.509. The van der Waals surface area contributed by atoms with E-state index >= 15 is 0 Å². The summed E-state index contributed by atoms with van der Waals surface area (Å²) in [6, 6.07) is 7.97. The van der Waals surface area contributed by atoms with E-state index in [4.69, 9.17) is 10.5 Å². The highest BCUT2D eigenvalue weighted by atomic mass is 79.9. The van der Waals surface area contributed by atoms with Gasteiger partial charge in [0.15, 0.2) is 0 Å². The molecule has 19 heavy (non-hydrogen) atoms. The van der Waals surface area contributed by atoms with Gasteiger partial charge < -0.3 is 15.8 Å². The lowest BCUT2D eigenvalue weighted by molar-refractivity contribution is 0.354. The molecule has 5 heteroatoms. The van der Waals surface area contributed by atoms with E-state index in [1.165, 1.54) is 5.56 Å². The second kappa shape index (κ2) is 5.09. The lowest BCUT2D eigenvalue weighted by Gasteiger charge is -2.12. The predicted octanol–water partition coefficient (Wildman–Crippen LogP) is 2.97. The Labute approximate surface area is 120 Å². The van der Waals surface area contributed by atoms with E-state index in [1.807, 2.05) is 12.1 Å². The summed E-state index contributed by atoms with van der Waals surface area (Å²) in [5, 5.41) is 3.30. The SMILES string of the molecule is Nc1ncccc1NCc1cc(Br)cc2c1OCC2. The molecule has 0 bridgehead atoms. The Bertz CT molecular complexity index is 616. The Balaban J connectivity index is 1.83. The van der Waals surface area contributed by atoms with E-state index in [1.54, 1.807) is 6.20 Å². The lowest BCUT2D eigenvalue weighted by atomic mass is 10.1. The number of nitrogens with two attached hydrogens (primary N) is 1. The van der Waals surface area contributed by atoms with Crippen molar-refractivity contribution >= 4 is 27.4 Å². The maximum atomic E-state index is 5.81. The van der Waals surface area contributed by atoms with Crippen LogP contribution in [0.25, 0.3) is 0 Å². The average Bonchev–Trinajstić information content (AvgIpc) is 2.85. The summed E-state index contributed by atoms with van der Waals surface area (Å²) in [5.41, 5.74) is 9.04. The maximum absolute atomic E-state index is 5.81. The van der Waals surface area contributed by atoms with Crippen molar-refractivity contribution in [2.24, 2.45) is 0 Å². The molecule has 2 heterocycles. The first-order valence-electron chi connectivity index (χ1n) is 6.12. The third-order valence-electron chi connectivity index (χ3n) is 3.13. The van der Waals surface area contributed by atoms with Crippen molar-refractivity contribution in [2.45, 2.75) is 13.0 Å². The van der Waals surface area contributed by atoms with Gasteiger partial charge in [0.2, 0.25) is 0 Å². The number of hydrogen-bond acceptors (Lipinski definition) is 4. The molecular formula is C14H14BrN3O. The highest BCUT2D eigenvalue weighted by molar-refractivity contribution is 9.10. The van der Waals surface area contributed by atoms with Gasteiger partial charge in [0.05, 0.1) is 12.3 Å². The quantitative estimate of drug-likeness (QED) is 0.913. The zero-order valence-corrected chi connectivity index (χ0v) is 11.9. The van der Waals surface area contributed by atoms with Crippen LogP contribution < -0.4 is 15.8 Å². The molecule has 4 nitrogen and oxygen atoms in total. The van der Waals surface area contributed by atoms with Crippen LogP contribution in [0.1, 0.15) is 11.1 Å². The number of benzene rings is 1. The fourth-order valence-electron chi connectivity index (χ4n) is 2.23. The van der Waals surface area contributed by atoms with Gasteiger partial charge in [-0.15, -0.1) is 0 Å². The van der Waals surface area contributed by atoms with Gasteiger partial charge in [0.25, 0.3) is 0 Å². The van der Waals surface area contributed by atoms with Gasteiger partial charge >= 0.3 is 0 Å². The van der Waals surface area contributed by atoms with Gasteiger partial charge in [-0.2, -0.15) is 0 Å². The largest absolute Gasteiger partial charge is 0.493 e. The third-order valence-corrected chi connectivity index (χ3v) is 3.59. The van der Waals surface area contributed by atoms with Crippen molar-refractivity contribution < 1.29 is 4.74 Å². The number of nitrogen functional groups attached to an aromatic ring is 1. The second-order valence-electron chi connectivity index (χ2n) is 4.44. The van der Waals surface area contributed by atoms with Crippen molar-refractivity contribution in [3.63, 3.8) is 0 Å². The highest BCUT2D eigenvalue weighted by Crippen LogP contribution is 2.33. The van der Waals surface area contributed by atoms with Crippen LogP contribution in [0.4, 0.5) is 11.5 Å². The topological polar surface area (TPSA) is 60.2 Å². The summed E-state index contributed by atoms with van der Waals surface area (Å²) < 4.78 is 6.77. The first kappa shape index (κ1) is 12.3. The summed E-state index contributed by atoms with van der Waals surface area (Å²) in [6.07, 6.45) is 2.65. The fraction of sp³-hybridized carbons (Fsp3) is 0.214. The number of nitrogens with zero attached hydrogens (tertiary/aromatic N) is 1. The molecule has 0 aliphatic carbocycles. The van der Waals surface area contributed by atoms with Crippen molar-refractivity contribution in [3.8, 4) is 5.75 Å². The number of halogens is 1. The molecule has 0 atom stereocenters. The molecular weight excluding hydrogens is 306 g/mol. The monoisotopic (exact) mass is 319 g/mol. The van der Waals surface area contributed by atoms with Gasteiger partial charge in [-0.1, -0.05) is 15.9 Å². The standard InChI is InChI=1S/C14H14BrN3O/c15-11-6-9-3-5-19-13(9)10(7-11)8-18-12-2-1-4-17-14(12)16/h1-2,4,6-7,18H,3,5,8H2,(H2,16,17). The zero-order valence-electron chi connectivity index (χ0n) is 10.3. The molecule has 0 fully saturated rings. The number of rotatable bonds is 3. The van der Waals surface area contributed by atoms with E-state index < -0.39 is 0 Å². The first-order chi connectivity index (χ1) is 9.24. The van der Waals surface area contributed by atoms with Crippen molar-refractivity contribution in [1.29, 1.82) is 0 Å². The third kappa shape index (κ3) is 2.51. The molecule has 0 saturated heterocycles. The fourth-order valence-corrected chi connectivity index (χ4v) is 2.79. The van der Waals surface area contributed by atoms with Crippen LogP contribution in [0, 0.1) is 0 Å². The Hall–Kier alpha value is -1.75. The van der Waals surface area contributed by atoms with Gasteiger partial charge in [0.1, 0.15) is 11.6 Å². The minimum atomic E-state index is 0.509. The van der Waals surface area contributed by atoms with E-state index in [9.17, 15) is 0 Å². The predicted molar refractivity (Wildman–Crippen MR) is 79.3 cm³/mol. The molecule has 3 N–H and O–H groups in total. The number of ether oxygens (including phenoxy) is 1. The molecule has 98 valence electrons. The number of anilines is 2. The zero-order chi connectivity index (χ0) is 13.2. The molecule has 0 spiro atoms. The smallest absolute Gasteiger partial charge is 0.146 e. The van der Waals surface area contributed by atoms with Gasteiger partial charge in [-0.05, 0) is 29.8 Å². The first-order valence-corrected chi connectivity index (χ1v) is 6.92. The van der Waals surface area contributed by atoms with Crippen LogP contribution in [0.5, 0.6) is 5.75 Å². The summed E-state index contributed by atoms with van der Waals surface area (Å²) in [7, 11) is 0. The number of aromatic nitrogens is 1. The molecule has 2 aromatic rings. The molecule has 0 amide bonds. The Kier molecular flexibility index (Phi) is 3.29. The van der Waals surface area contributed by atoms with Crippen LogP contribution in [0.15, 0.2) is 34.9 Å². The summed E-state index contributed by atoms with van der Waals surface area (Å²) >= 11 is 3.54. The van der Waals surface area contributed by atoms with Crippen LogP contribution in [0.3, 0.4) is 0 Å². The van der Waals surface area contributed by atoms with Gasteiger partial charge in [-0.25, -0.2) is 4.98 Å². The molecule has 1 aromatic carbocycles. The Morgan fingerprint density at radius 1 is 1.42 bits per heavy atom. The number of hydrogen-bond donors (Lipinski definition) is 2. The van der Waals surface area contributed by atoms with E-state index in [-0.39, 0.29) is 0 Å². The van der Waals surface area contributed by atoms with E-state index in [0.717, 1.165) is 34.5 Å². The van der Waals surface area contributed by atoms with E-state index in [0.29, 0.717) is 12.4 Å². The highest BCUT2D eigenvalue weighted by Gasteiger charge is 2.17. The van der Waals surface area contributed by atoms with Crippen LogP contribution >= 0.6 is 15.9 Å². The van der Waals surface area contributed by atoms with Crippen molar-refractivity contribution in [1.82, 2.24) is 4.98 Å². The lowest BCUT2D eigenvalue weighted by Crippen LogP contribution is -2.04. The Morgan fingerprint density at radius 3 is 3.16 bits per heavy atom. The molecule has 1 aliphatic rings. The average molecular weight is 320 g/mol. The van der Waals surface area contributed by atoms with Crippen LogP contribution in [-0.2, 0) is 13.0 Å². The molecule has 1 aliphatic heterocycles. The summed E-state index contributed by atoms with van der Waals surface area (Å²) in [4.78, 5) is 4.06. The van der Waals surface area contributed by atoms with Gasteiger partial charge in [-0.3, -0.25) is 0 Å². The van der Waals surface area contributed by atoms with Crippen LogP contribution in [-0.4, -0.2) is 11.6 Å². The summed E-state index contributed by atoms with van der Waals surface area (Å²) in [5.74, 6) is 1.51. The maximum Gasteiger partial charge on any atom is 0.146 e. The van der Waals surface area contributed by atoms with Crippen molar-refractivity contribution in [2.75, 3.05) is 17.7 Å². The molecule has 0 radical (unpaired) electrons. The Morgan fingerprint density at radius 2 is 2.32 bits per heavy atom.